The Labute approximate surface area is 141 Å². The number of ether oxygens (including phenoxy) is 1. The molecular formula is C16H22ClN5O. The highest BCUT2D eigenvalue weighted by Crippen LogP contribution is 2.13. The van der Waals surface area contributed by atoms with E-state index in [0.717, 1.165) is 36.8 Å². The lowest BCUT2D eigenvalue weighted by atomic mass is 10.3. The fraction of sp³-hybridized carbons (Fsp3) is 0.375. The van der Waals surface area contributed by atoms with E-state index in [0.29, 0.717) is 11.6 Å². The second-order valence-electron chi connectivity index (χ2n) is 4.97. The lowest BCUT2D eigenvalue weighted by Gasteiger charge is -2.10. The molecule has 0 aliphatic rings. The molecule has 0 radical (unpaired) electrons. The Morgan fingerprint density at radius 1 is 1.30 bits per heavy atom. The van der Waals surface area contributed by atoms with Gasteiger partial charge in [-0.2, -0.15) is 5.10 Å². The summed E-state index contributed by atoms with van der Waals surface area (Å²) in [4.78, 5) is 4.19. The highest BCUT2D eigenvalue weighted by atomic mass is 35.5. The Balaban J connectivity index is 1.85. The van der Waals surface area contributed by atoms with E-state index in [2.05, 4.69) is 20.7 Å². The van der Waals surface area contributed by atoms with E-state index in [-0.39, 0.29) is 0 Å². The van der Waals surface area contributed by atoms with Gasteiger partial charge in [0.15, 0.2) is 5.96 Å². The molecule has 0 saturated carbocycles. The normalized spacial score (nSPS) is 11.5. The van der Waals surface area contributed by atoms with Crippen molar-refractivity contribution in [1.82, 2.24) is 20.4 Å². The number of hydrogen-bond donors (Lipinski definition) is 2. The van der Waals surface area contributed by atoms with Crippen LogP contribution in [0, 0.1) is 0 Å². The van der Waals surface area contributed by atoms with Gasteiger partial charge in [-0.25, -0.2) is 4.68 Å². The second-order valence-corrected chi connectivity index (χ2v) is 5.40. The molecule has 0 atom stereocenters. The zero-order valence-corrected chi connectivity index (χ0v) is 14.2. The van der Waals surface area contributed by atoms with Gasteiger partial charge in [0, 0.05) is 50.6 Å². The Morgan fingerprint density at radius 2 is 2.09 bits per heavy atom. The molecule has 1 aromatic heterocycles. The average molecular weight is 336 g/mol. The number of guanidine groups is 1. The van der Waals surface area contributed by atoms with E-state index in [1.165, 1.54) is 0 Å². The SMILES string of the molecule is CN=C(NCCCOC)NCc1cnn(-c2ccc(Cl)cc2)c1. The summed E-state index contributed by atoms with van der Waals surface area (Å²) >= 11 is 5.90. The molecule has 1 heterocycles. The molecule has 0 aliphatic carbocycles. The van der Waals surface area contributed by atoms with Crippen LogP contribution in [0.3, 0.4) is 0 Å². The lowest BCUT2D eigenvalue weighted by molar-refractivity contribution is 0.195. The lowest BCUT2D eigenvalue weighted by Crippen LogP contribution is -2.37. The van der Waals surface area contributed by atoms with Gasteiger partial charge in [-0.3, -0.25) is 4.99 Å². The molecule has 0 spiro atoms. The van der Waals surface area contributed by atoms with E-state index in [1.54, 1.807) is 14.2 Å². The molecule has 0 bridgehead atoms. The first-order valence-electron chi connectivity index (χ1n) is 7.46. The van der Waals surface area contributed by atoms with Gasteiger partial charge in [0.05, 0.1) is 11.9 Å². The van der Waals surface area contributed by atoms with Gasteiger partial charge in [0.25, 0.3) is 0 Å². The third-order valence-corrected chi connectivity index (χ3v) is 3.48. The summed E-state index contributed by atoms with van der Waals surface area (Å²) in [6, 6.07) is 7.57. The molecule has 2 N–H and O–H groups in total. The van der Waals surface area contributed by atoms with Gasteiger partial charge < -0.3 is 15.4 Å². The number of halogens is 1. The zero-order chi connectivity index (χ0) is 16.5. The number of aromatic nitrogens is 2. The van der Waals surface area contributed by atoms with Crippen LogP contribution in [0.2, 0.25) is 5.02 Å². The van der Waals surface area contributed by atoms with Gasteiger partial charge in [-0.1, -0.05) is 11.6 Å². The van der Waals surface area contributed by atoms with Crippen molar-refractivity contribution in [2.75, 3.05) is 27.3 Å². The first kappa shape index (κ1) is 17.3. The predicted molar refractivity (Wildman–Crippen MR) is 93.3 cm³/mol. The van der Waals surface area contributed by atoms with Crippen LogP contribution in [-0.2, 0) is 11.3 Å². The van der Waals surface area contributed by atoms with Gasteiger partial charge in [0.1, 0.15) is 0 Å². The van der Waals surface area contributed by atoms with Crippen LogP contribution in [0.4, 0.5) is 0 Å². The summed E-state index contributed by atoms with van der Waals surface area (Å²) in [7, 11) is 3.45. The van der Waals surface area contributed by atoms with E-state index in [4.69, 9.17) is 16.3 Å². The molecule has 23 heavy (non-hydrogen) atoms. The van der Waals surface area contributed by atoms with Crippen LogP contribution < -0.4 is 10.6 Å². The Morgan fingerprint density at radius 3 is 2.78 bits per heavy atom. The number of nitrogens with one attached hydrogen (secondary N) is 2. The molecule has 1 aromatic carbocycles. The summed E-state index contributed by atoms with van der Waals surface area (Å²) < 4.78 is 6.84. The van der Waals surface area contributed by atoms with Crippen molar-refractivity contribution in [3.05, 3.63) is 47.2 Å². The molecule has 2 rings (SSSR count). The third-order valence-electron chi connectivity index (χ3n) is 3.23. The Hall–Kier alpha value is -2.05. The van der Waals surface area contributed by atoms with E-state index < -0.39 is 0 Å². The maximum atomic E-state index is 5.90. The number of methoxy groups -OCH3 is 1. The van der Waals surface area contributed by atoms with Crippen LogP contribution in [0.1, 0.15) is 12.0 Å². The first-order chi connectivity index (χ1) is 11.2. The van der Waals surface area contributed by atoms with Crippen molar-refractivity contribution in [2.45, 2.75) is 13.0 Å². The molecule has 0 saturated heterocycles. The van der Waals surface area contributed by atoms with Gasteiger partial charge >= 0.3 is 0 Å². The predicted octanol–water partition coefficient (Wildman–Crippen LogP) is 2.23. The smallest absolute Gasteiger partial charge is 0.191 e. The maximum absolute atomic E-state index is 5.90. The molecule has 6 nitrogen and oxygen atoms in total. The number of nitrogens with zero attached hydrogens (tertiary/aromatic N) is 3. The average Bonchev–Trinajstić information content (AvgIpc) is 3.04. The van der Waals surface area contributed by atoms with E-state index in [9.17, 15) is 0 Å². The minimum Gasteiger partial charge on any atom is -0.385 e. The van der Waals surface area contributed by atoms with Crippen molar-refractivity contribution in [2.24, 2.45) is 4.99 Å². The molecule has 7 heteroatoms. The summed E-state index contributed by atoms with van der Waals surface area (Å²) in [5.41, 5.74) is 2.04. The second kappa shape index (κ2) is 9.17. The monoisotopic (exact) mass is 335 g/mol. The Bertz CT molecular complexity index is 624. The Kier molecular flexibility index (Phi) is 6.90. The molecule has 2 aromatic rings. The van der Waals surface area contributed by atoms with Crippen molar-refractivity contribution in [1.29, 1.82) is 0 Å². The summed E-state index contributed by atoms with van der Waals surface area (Å²) in [6.45, 7) is 2.20. The standard InChI is InChI=1S/C16H22ClN5O/c1-18-16(19-8-3-9-23-2)20-10-13-11-21-22(12-13)15-6-4-14(17)5-7-15/h4-7,11-12H,3,8-10H2,1-2H3,(H2,18,19,20). The maximum Gasteiger partial charge on any atom is 0.191 e. The van der Waals surface area contributed by atoms with Crippen molar-refractivity contribution in [3.63, 3.8) is 0 Å². The molecule has 0 fully saturated rings. The van der Waals surface area contributed by atoms with E-state index in [1.807, 2.05) is 41.3 Å². The highest BCUT2D eigenvalue weighted by Gasteiger charge is 2.03. The quantitative estimate of drug-likeness (QED) is 0.463. The first-order valence-corrected chi connectivity index (χ1v) is 7.83. The highest BCUT2D eigenvalue weighted by molar-refractivity contribution is 6.30. The largest absolute Gasteiger partial charge is 0.385 e. The van der Waals surface area contributed by atoms with Gasteiger partial charge in [-0.05, 0) is 30.7 Å². The molecule has 0 aliphatic heterocycles. The van der Waals surface area contributed by atoms with Crippen molar-refractivity contribution >= 4 is 17.6 Å². The third kappa shape index (κ3) is 5.58. The van der Waals surface area contributed by atoms with E-state index >= 15 is 0 Å². The minimum atomic E-state index is 0.650. The molecular weight excluding hydrogens is 314 g/mol. The topological polar surface area (TPSA) is 63.5 Å². The number of benzene rings is 1. The van der Waals surface area contributed by atoms with Crippen LogP contribution in [0.5, 0.6) is 0 Å². The number of rotatable bonds is 7. The summed E-state index contributed by atoms with van der Waals surface area (Å²) in [6.07, 6.45) is 4.75. The van der Waals surface area contributed by atoms with Gasteiger partial charge in [-0.15, -0.1) is 0 Å². The number of aliphatic imine (C=N–C) groups is 1. The van der Waals surface area contributed by atoms with Gasteiger partial charge in [0.2, 0.25) is 0 Å². The van der Waals surface area contributed by atoms with Crippen LogP contribution in [0.15, 0.2) is 41.7 Å². The van der Waals surface area contributed by atoms with Crippen molar-refractivity contribution < 1.29 is 4.74 Å². The molecule has 124 valence electrons. The zero-order valence-electron chi connectivity index (χ0n) is 13.4. The van der Waals surface area contributed by atoms with Crippen molar-refractivity contribution in [3.8, 4) is 5.69 Å². The summed E-state index contributed by atoms with van der Waals surface area (Å²) in [5, 5.41) is 11.6. The fourth-order valence-corrected chi connectivity index (χ4v) is 2.14. The fourth-order valence-electron chi connectivity index (χ4n) is 2.02. The van der Waals surface area contributed by atoms with Crippen LogP contribution >= 0.6 is 11.6 Å². The summed E-state index contributed by atoms with van der Waals surface area (Å²) in [5.74, 6) is 0.764. The number of hydrogen-bond acceptors (Lipinski definition) is 3. The molecule has 0 unspecified atom stereocenters. The molecule has 0 amide bonds. The van der Waals surface area contributed by atoms with Crippen LogP contribution in [0.25, 0.3) is 5.69 Å². The van der Waals surface area contributed by atoms with Crippen LogP contribution in [-0.4, -0.2) is 43.0 Å². The minimum absolute atomic E-state index is 0.650.